The van der Waals surface area contributed by atoms with Gasteiger partial charge in [0.1, 0.15) is 0 Å². The third-order valence-corrected chi connectivity index (χ3v) is 3.01. The van der Waals surface area contributed by atoms with Gasteiger partial charge in [-0.25, -0.2) is 0 Å². The Morgan fingerprint density at radius 1 is 1.10 bits per heavy atom. The topological polar surface area (TPSA) is 88.8 Å². The number of nitrogens with two attached hydrogens (primary N) is 2. The first-order valence-electron chi connectivity index (χ1n) is 7.36. The molecule has 0 aliphatic heterocycles. The molecule has 0 saturated carbocycles. The number of azo groups is 1. The average Bonchev–Trinajstić information content (AvgIpc) is 2.47. The van der Waals surface area contributed by atoms with Crippen LogP contribution in [0.15, 0.2) is 40.6 Å². The van der Waals surface area contributed by atoms with Crippen LogP contribution < -0.4 is 16.8 Å². The molecule has 112 valence electrons. The van der Waals surface area contributed by atoms with Crippen LogP contribution in [-0.4, -0.2) is 32.2 Å². The third kappa shape index (κ3) is 8.74. The van der Waals surface area contributed by atoms with Crippen molar-refractivity contribution < 1.29 is 0 Å². The van der Waals surface area contributed by atoms with Gasteiger partial charge in [-0.2, -0.15) is 10.2 Å². The lowest BCUT2D eigenvalue weighted by Gasteiger charge is -2.11. The van der Waals surface area contributed by atoms with Crippen LogP contribution in [0.5, 0.6) is 0 Å². The highest BCUT2D eigenvalue weighted by molar-refractivity contribution is 5.14. The summed E-state index contributed by atoms with van der Waals surface area (Å²) in [6.07, 6.45) is 3.16. The second-order valence-electron chi connectivity index (χ2n) is 4.90. The van der Waals surface area contributed by atoms with Crippen LogP contribution in [0.2, 0.25) is 0 Å². The fraction of sp³-hybridized carbons (Fsp3) is 0.600. The van der Waals surface area contributed by atoms with Gasteiger partial charge in [-0.3, -0.25) is 0 Å². The van der Waals surface area contributed by atoms with Gasteiger partial charge < -0.3 is 16.8 Å². The van der Waals surface area contributed by atoms with Gasteiger partial charge in [-0.1, -0.05) is 30.3 Å². The SMILES string of the molecule is NCCNC[C@@H](N)CCCCN=NCc1ccccc1. The van der Waals surface area contributed by atoms with E-state index < -0.39 is 0 Å². The summed E-state index contributed by atoms with van der Waals surface area (Å²) >= 11 is 0. The average molecular weight is 277 g/mol. The van der Waals surface area contributed by atoms with E-state index in [0.717, 1.165) is 38.9 Å². The molecule has 0 spiro atoms. The van der Waals surface area contributed by atoms with E-state index in [9.17, 15) is 0 Å². The van der Waals surface area contributed by atoms with Gasteiger partial charge in [0.05, 0.1) is 13.1 Å². The molecule has 0 bridgehead atoms. The Morgan fingerprint density at radius 2 is 1.90 bits per heavy atom. The van der Waals surface area contributed by atoms with E-state index in [-0.39, 0.29) is 6.04 Å². The molecule has 0 aliphatic carbocycles. The molecule has 1 aromatic rings. The zero-order chi connectivity index (χ0) is 14.5. The van der Waals surface area contributed by atoms with Gasteiger partial charge in [0, 0.05) is 25.7 Å². The van der Waals surface area contributed by atoms with Crippen LogP contribution in [0.4, 0.5) is 0 Å². The minimum atomic E-state index is 0.211. The van der Waals surface area contributed by atoms with E-state index >= 15 is 0 Å². The van der Waals surface area contributed by atoms with Gasteiger partial charge in [0.2, 0.25) is 0 Å². The van der Waals surface area contributed by atoms with Crippen molar-refractivity contribution in [3.05, 3.63) is 35.9 Å². The number of nitrogens with zero attached hydrogens (tertiary/aromatic N) is 2. The van der Waals surface area contributed by atoms with E-state index in [4.69, 9.17) is 11.5 Å². The van der Waals surface area contributed by atoms with Crippen molar-refractivity contribution in [2.75, 3.05) is 26.2 Å². The molecule has 0 amide bonds. The highest BCUT2D eigenvalue weighted by Crippen LogP contribution is 2.02. The summed E-state index contributed by atoms with van der Waals surface area (Å²) in [5, 5.41) is 11.6. The van der Waals surface area contributed by atoms with Crippen molar-refractivity contribution in [3.63, 3.8) is 0 Å². The first kappa shape index (κ1) is 16.8. The van der Waals surface area contributed by atoms with Crippen molar-refractivity contribution >= 4 is 0 Å². The normalized spacial score (nSPS) is 12.9. The number of hydrogen-bond acceptors (Lipinski definition) is 5. The molecule has 0 aromatic heterocycles. The lowest BCUT2D eigenvalue weighted by molar-refractivity contribution is 0.521. The smallest absolute Gasteiger partial charge is 0.0849 e. The van der Waals surface area contributed by atoms with Gasteiger partial charge in [0.25, 0.3) is 0 Å². The van der Waals surface area contributed by atoms with E-state index in [1.165, 1.54) is 5.56 Å². The van der Waals surface area contributed by atoms with Crippen LogP contribution in [-0.2, 0) is 6.54 Å². The minimum Gasteiger partial charge on any atom is -0.329 e. The molecule has 0 aliphatic rings. The van der Waals surface area contributed by atoms with Crippen molar-refractivity contribution in [1.29, 1.82) is 0 Å². The maximum absolute atomic E-state index is 5.97. The minimum absolute atomic E-state index is 0.211. The number of nitrogens with one attached hydrogen (secondary N) is 1. The van der Waals surface area contributed by atoms with Gasteiger partial charge in [-0.15, -0.1) is 0 Å². The van der Waals surface area contributed by atoms with Gasteiger partial charge in [-0.05, 0) is 24.8 Å². The lowest BCUT2D eigenvalue weighted by Crippen LogP contribution is -2.36. The van der Waals surface area contributed by atoms with Gasteiger partial charge >= 0.3 is 0 Å². The number of rotatable bonds is 11. The standard InChI is InChI=1S/C15H27N5/c16-9-11-18-13-15(17)8-4-5-10-19-20-12-14-6-2-1-3-7-14/h1-3,6-7,15,18H,4-5,8-13,16-17H2/t15-/m0/s1. The van der Waals surface area contributed by atoms with Crippen LogP contribution >= 0.6 is 0 Å². The molecular weight excluding hydrogens is 250 g/mol. The van der Waals surface area contributed by atoms with Crippen molar-refractivity contribution in [1.82, 2.24) is 5.32 Å². The Bertz CT molecular complexity index is 353. The van der Waals surface area contributed by atoms with E-state index in [1.54, 1.807) is 0 Å². The summed E-state index contributed by atoms with van der Waals surface area (Å²) in [5.74, 6) is 0. The third-order valence-electron chi connectivity index (χ3n) is 3.01. The molecule has 0 unspecified atom stereocenters. The first-order chi connectivity index (χ1) is 9.83. The summed E-state index contributed by atoms with van der Waals surface area (Å²) in [6.45, 7) is 3.79. The molecule has 20 heavy (non-hydrogen) atoms. The molecule has 1 atom stereocenters. The van der Waals surface area contributed by atoms with Crippen LogP contribution in [0.3, 0.4) is 0 Å². The Labute approximate surface area is 121 Å². The highest BCUT2D eigenvalue weighted by atomic mass is 15.1. The predicted molar refractivity (Wildman–Crippen MR) is 83.6 cm³/mol. The summed E-state index contributed by atoms with van der Waals surface area (Å²) in [6, 6.07) is 10.4. The number of benzene rings is 1. The second kappa shape index (κ2) is 11.5. The lowest BCUT2D eigenvalue weighted by atomic mass is 10.1. The summed E-state index contributed by atoms with van der Waals surface area (Å²) in [7, 11) is 0. The fourth-order valence-corrected chi connectivity index (χ4v) is 1.87. The summed E-state index contributed by atoms with van der Waals surface area (Å²) in [5.41, 5.74) is 12.6. The molecule has 1 rings (SSSR count). The number of unbranched alkanes of at least 4 members (excludes halogenated alkanes) is 1. The molecule has 5 heteroatoms. The van der Waals surface area contributed by atoms with Crippen molar-refractivity contribution in [2.24, 2.45) is 21.7 Å². The molecular formula is C15H27N5. The molecule has 0 heterocycles. The van der Waals surface area contributed by atoms with Crippen LogP contribution in [0, 0.1) is 0 Å². The zero-order valence-corrected chi connectivity index (χ0v) is 12.2. The van der Waals surface area contributed by atoms with Crippen molar-refractivity contribution in [2.45, 2.75) is 31.8 Å². The van der Waals surface area contributed by atoms with Crippen molar-refractivity contribution in [3.8, 4) is 0 Å². The van der Waals surface area contributed by atoms with Gasteiger partial charge in [0.15, 0.2) is 0 Å². The van der Waals surface area contributed by atoms with Crippen LogP contribution in [0.25, 0.3) is 0 Å². The molecule has 0 radical (unpaired) electrons. The predicted octanol–water partition coefficient (Wildman–Crippen LogP) is 1.68. The summed E-state index contributed by atoms with van der Waals surface area (Å²) in [4.78, 5) is 0. The molecule has 0 fully saturated rings. The number of hydrogen-bond donors (Lipinski definition) is 3. The molecule has 5 N–H and O–H groups in total. The Balaban J connectivity index is 1.96. The van der Waals surface area contributed by atoms with E-state index in [1.807, 2.05) is 18.2 Å². The Kier molecular flexibility index (Phi) is 9.65. The zero-order valence-electron chi connectivity index (χ0n) is 12.2. The largest absolute Gasteiger partial charge is 0.329 e. The maximum atomic E-state index is 5.97. The monoisotopic (exact) mass is 277 g/mol. The van der Waals surface area contributed by atoms with E-state index in [0.29, 0.717) is 13.1 Å². The quantitative estimate of drug-likeness (QED) is 0.425. The molecule has 5 nitrogen and oxygen atoms in total. The maximum Gasteiger partial charge on any atom is 0.0849 e. The fourth-order valence-electron chi connectivity index (χ4n) is 1.87. The Morgan fingerprint density at radius 3 is 2.65 bits per heavy atom. The first-order valence-corrected chi connectivity index (χ1v) is 7.36. The molecule has 0 saturated heterocycles. The second-order valence-corrected chi connectivity index (χ2v) is 4.90. The van der Waals surface area contributed by atoms with E-state index in [2.05, 4.69) is 27.7 Å². The highest BCUT2D eigenvalue weighted by Gasteiger charge is 2.00. The van der Waals surface area contributed by atoms with Crippen LogP contribution in [0.1, 0.15) is 24.8 Å². The summed E-state index contributed by atoms with van der Waals surface area (Å²) < 4.78 is 0. The Hall–Kier alpha value is -1.30. The molecule has 1 aromatic carbocycles.